The Labute approximate surface area is 177 Å². The highest BCUT2D eigenvalue weighted by atomic mass is 35.5. The molecule has 1 aliphatic heterocycles. The summed E-state index contributed by atoms with van der Waals surface area (Å²) in [6.07, 6.45) is 0. The number of hydrogen-bond acceptors (Lipinski definition) is 4. The lowest BCUT2D eigenvalue weighted by Gasteiger charge is -2.35. The molecule has 29 heavy (non-hydrogen) atoms. The van der Waals surface area contributed by atoms with E-state index in [0.29, 0.717) is 26.2 Å². The Morgan fingerprint density at radius 2 is 1.59 bits per heavy atom. The molecule has 0 bridgehead atoms. The molecule has 1 fully saturated rings. The summed E-state index contributed by atoms with van der Waals surface area (Å²) in [5.74, 6) is 0.00797. The van der Waals surface area contributed by atoms with E-state index in [0.717, 1.165) is 5.69 Å². The first-order valence-electron chi connectivity index (χ1n) is 9.65. The Bertz CT molecular complexity index is 943. The van der Waals surface area contributed by atoms with Crippen molar-refractivity contribution in [3.8, 4) is 0 Å². The van der Waals surface area contributed by atoms with E-state index >= 15 is 0 Å². The molecule has 0 radical (unpaired) electrons. The SMILES string of the molecule is CC(C)N(C(=O)CN1CCN(S(=O)(=O)c2ccccc2Cl)CC1)c1ccccc1. The predicted octanol–water partition coefficient (Wildman–Crippen LogP) is 3.09. The number of nitrogens with zero attached hydrogens (tertiary/aromatic N) is 3. The molecule has 0 spiro atoms. The summed E-state index contributed by atoms with van der Waals surface area (Å²) in [6, 6.07) is 16.1. The molecule has 1 heterocycles. The molecule has 1 amide bonds. The number of sulfonamides is 1. The third-order valence-corrected chi connectivity index (χ3v) is 7.36. The number of carbonyl (C=O) groups excluding carboxylic acids is 1. The summed E-state index contributed by atoms with van der Waals surface area (Å²) in [6.45, 7) is 5.87. The summed E-state index contributed by atoms with van der Waals surface area (Å²) in [5, 5.41) is 0.223. The zero-order valence-corrected chi connectivity index (χ0v) is 18.2. The van der Waals surface area contributed by atoms with Gasteiger partial charge in [0, 0.05) is 37.9 Å². The van der Waals surface area contributed by atoms with Crippen LogP contribution in [0.5, 0.6) is 0 Å². The van der Waals surface area contributed by atoms with E-state index in [9.17, 15) is 13.2 Å². The minimum Gasteiger partial charge on any atom is -0.309 e. The molecule has 1 saturated heterocycles. The van der Waals surface area contributed by atoms with Crippen LogP contribution in [0.1, 0.15) is 13.8 Å². The van der Waals surface area contributed by atoms with Crippen LogP contribution in [0, 0.1) is 0 Å². The largest absolute Gasteiger partial charge is 0.309 e. The molecule has 0 unspecified atom stereocenters. The number of piperazine rings is 1. The normalized spacial score (nSPS) is 16.1. The van der Waals surface area contributed by atoms with Crippen molar-refractivity contribution in [3.05, 3.63) is 59.6 Å². The van der Waals surface area contributed by atoms with Gasteiger partial charge in [-0.05, 0) is 38.1 Å². The van der Waals surface area contributed by atoms with Crippen molar-refractivity contribution in [3.63, 3.8) is 0 Å². The number of carbonyl (C=O) groups is 1. The Kier molecular flexibility index (Phi) is 6.95. The highest BCUT2D eigenvalue weighted by Gasteiger charge is 2.31. The van der Waals surface area contributed by atoms with Gasteiger partial charge < -0.3 is 4.90 Å². The zero-order valence-electron chi connectivity index (χ0n) is 16.7. The van der Waals surface area contributed by atoms with Gasteiger partial charge in [-0.15, -0.1) is 0 Å². The second-order valence-electron chi connectivity index (χ2n) is 7.30. The maximum Gasteiger partial charge on any atom is 0.244 e. The molecule has 0 atom stereocenters. The molecule has 0 aliphatic carbocycles. The second kappa shape index (κ2) is 9.26. The Morgan fingerprint density at radius 1 is 1.00 bits per heavy atom. The number of halogens is 1. The molecule has 0 N–H and O–H groups in total. The first-order chi connectivity index (χ1) is 13.8. The van der Waals surface area contributed by atoms with Crippen molar-refractivity contribution >= 4 is 33.2 Å². The number of hydrogen-bond donors (Lipinski definition) is 0. The van der Waals surface area contributed by atoms with Crippen molar-refractivity contribution < 1.29 is 13.2 Å². The first-order valence-corrected chi connectivity index (χ1v) is 11.5. The van der Waals surface area contributed by atoms with E-state index in [4.69, 9.17) is 11.6 Å². The molecular weight excluding hydrogens is 410 g/mol. The molecule has 0 saturated carbocycles. The van der Waals surface area contributed by atoms with Gasteiger partial charge in [0.25, 0.3) is 0 Å². The van der Waals surface area contributed by atoms with Crippen LogP contribution in [0.4, 0.5) is 5.69 Å². The molecule has 2 aromatic carbocycles. The van der Waals surface area contributed by atoms with Crippen LogP contribution >= 0.6 is 11.6 Å². The molecule has 0 aromatic heterocycles. The van der Waals surface area contributed by atoms with Crippen LogP contribution < -0.4 is 4.90 Å². The van der Waals surface area contributed by atoms with Gasteiger partial charge in [0.1, 0.15) is 4.90 Å². The van der Waals surface area contributed by atoms with E-state index in [1.165, 1.54) is 10.4 Å². The second-order valence-corrected chi connectivity index (χ2v) is 9.62. The molecular formula is C21H26ClN3O3S. The van der Waals surface area contributed by atoms with Crippen LogP contribution in [-0.4, -0.2) is 62.3 Å². The smallest absolute Gasteiger partial charge is 0.244 e. The average Bonchev–Trinajstić information content (AvgIpc) is 2.69. The highest BCUT2D eigenvalue weighted by molar-refractivity contribution is 7.89. The standard InChI is InChI=1S/C21H26ClN3O3S/c1-17(2)25(18-8-4-3-5-9-18)21(26)16-23-12-14-24(15-13-23)29(27,28)20-11-7-6-10-19(20)22/h3-11,17H,12-16H2,1-2H3. The lowest BCUT2D eigenvalue weighted by Crippen LogP contribution is -2.52. The summed E-state index contributed by atoms with van der Waals surface area (Å²) in [7, 11) is -3.64. The van der Waals surface area contributed by atoms with E-state index in [2.05, 4.69) is 0 Å². The van der Waals surface area contributed by atoms with Gasteiger partial charge in [0.05, 0.1) is 11.6 Å². The molecule has 8 heteroatoms. The number of amides is 1. The van der Waals surface area contributed by atoms with Crippen LogP contribution in [0.25, 0.3) is 0 Å². The monoisotopic (exact) mass is 435 g/mol. The van der Waals surface area contributed by atoms with Gasteiger partial charge >= 0.3 is 0 Å². The maximum atomic E-state index is 12.9. The topological polar surface area (TPSA) is 60.9 Å². The van der Waals surface area contributed by atoms with Crippen molar-refractivity contribution in [2.75, 3.05) is 37.6 Å². The summed E-state index contributed by atoms with van der Waals surface area (Å²) >= 11 is 6.08. The fourth-order valence-electron chi connectivity index (χ4n) is 3.51. The number of benzene rings is 2. The third kappa shape index (κ3) is 4.98. The van der Waals surface area contributed by atoms with Gasteiger partial charge in [0.15, 0.2) is 0 Å². The van der Waals surface area contributed by atoms with E-state index in [1.807, 2.05) is 49.1 Å². The van der Waals surface area contributed by atoms with Crippen molar-refractivity contribution in [2.24, 2.45) is 0 Å². The van der Waals surface area contributed by atoms with Gasteiger partial charge in [-0.3, -0.25) is 9.69 Å². The third-order valence-electron chi connectivity index (χ3n) is 4.96. The molecule has 156 valence electrons. The number of para-hydroxylation sites is 1. The Balaban J connectivity index is 1.64. The predicted molar refractivity (Wildman–Crippen MR) is 116 cm³/mol. The minimum absolute atomic E-state index is 0.00797. The summed E-state index contributed by atoms with van der Waals surface area (Å²) in [5.41, 5.74) is 0.868. The van der Waals surface area contributed by atoms with Crippen LogP contribution in [0.15, 0.2) is 59.5 Å². The highest BCUT2D eigenvalue weighted by Crippen LogP contribution is 2.25. The van der Waals surface area contributed by atoms with Gasteiger partial charge in [-0.1, -0.05) is 41.9 Å². The lowest BCUT2D eigenvalue weighted by molar-refractivity contribution is -0.120. The van der Waals surface area contributed by atoms with Gasteiger partial charge in [0.2, 0.25) is 15.9 Å². The van der Waals surface area contributed by atoms with E-state index < -0.39 is 10.0 Å². The fraction of sp³-hybridized carbons (Fsp3) is 0.381. The lowest BCUT2D eigenvalue weighted by atomic mass is 10.2. The first kappa shape index (κ1) is 21.8. The minimum atomic E-state index is -3.64. The zero-order chi connectivity index (χ0) is 21.0. The van der Waals surface area contributed by atoms with E-state index in [-0.39, 0.29) is 28.4 Å². The summed E-state index contributed by atoms with van der Waals surface area (Å²) < 4.78 is 27.2. The fourth-order valence-corrected chi connectivity index (χ4v) is 5.42. The average molecular weight is 436 g/mol. The maximum absolute atomic E-state index is 12.9. The van der Waals surface area contributed by atoms with Crippen LogP contribution in [0.3, 0.4) is 0 Å². The Hall–Kier alpha value is -1.93. The number of anilines is 1. The van der Waals surface area contributed by atoms with Crippen molar-refractivity contribution in [2.45, 2.75) is 24.8 Å². The summed E-state index contributed by atoms with van der Waals surface area (Å²) in [4.78, 5) is 16.8. The Morgan fingerprint density at radius 3 is 2.17 bits per heavy atom. The quantitative estimate of drug-likeness (QED) is 0.699. The van der Waals surface area contributed by atoms with Crippen LogP contribution in [0.2, 0.25) is 5.02 Å². The van der Waals surface area contributed by atoms with E-state index in [1.54, 1.807) is 23.1 Å². The van der Waals surface area contributed by atoms with Crippen LogP contribution in [-0.2, 0) is 14.8 Å². The molecule has 1 aliphatic rings. The van der Waals surface area contributed by atoms with Gasteiger partial charge in [-0.25, -0.2) is 8.42 Å². The number of rotatable bonds is 6. The molecule has 6 nitrogen and oxygen atoms in total. The molecule has 3 rings (SSSR count). The van der Waals surface area contributed by atoms with Gasteiger partial charge in [-0.2, -0.15) is 4.31 Å². The van der Waals surface area contributed by atoms with Crippen molar-refractivity contribution in [1.82, 2.24) is 9.21 Å². The van der Waals surface area contributed by atoms with Crippen molar-refractivity contribution in [1.29, 1.82) is 0 Å². The molecule has 2 aromatic rings.